The van der Waals surface area contributed by atoms with Gasteiger partial charge in [0.05, 0.1) is 53.2 Å². The molecular weight excluding hydrogens is 486 g/mol. The van der Waals surface area contributed by atoms with Gasteiger partial charge in [-0.3, -0.25) is 4.72 Å². The van der Waals surface area contributed by atoms with Gasteiger partial charge in [-0.05, 0) is 29.3 Å². The van der Waals surface area contributed by atoms with Crippen molar-refractivity contribution in [1.29, 1.82) is 0 Å². The standard InChI is InChI=1S/C26H29NO8S/c1-30-21-13-17(14-22(31-2)25(21)34-5)11-12-18-9-7-8-10-20(18)27-36(28,29)19-15-23(32-3)26(35-6)24(16-19)33-4/h7-16,27H,1-6H3/b12-11-. The summed E-state index contributed by atoms with van der Waals surface area (Å²) in [7, 11) is 4.91. The average molecular weight is 516 g/mol. The first-order valence-electron chi connectivity index (χ1n) is 10.7. The van der Waals surface area contributed by atoms with E-state index in [1.54, 1.807) is 36.4 Å². The molecular formula is C26H29NO8S. The zero-order chi connectivity index (χ0) is 26.3. The maximum Gasteiger partial charge on any atom is 0.262 e. The molecule has 36 heavy (non-hydrogen) atoms. The van der Waals surface area contributed by atoms with E-state index >= 15 is 0 Å². The number of para-hydroxylation sites is 1. The van der Waals surface area contributed by atoms with Gasteiger partial charge in [0, 0.05) is 12.1 Å². The maximum atomic E-state index is 13.3. The van der Waals surface area contributed by atoms with E-state index in [0.29, 0.717) is 34.2 Å². The average Bonchev–Trinajstić information content (AvgIpc) is 2.90. The second kappa shape index (κ2) is 11.6. The van der Waals surface area contributed by atoms with Gasteiger partial charge in [-0.2, -0.15) is 0 Å². The quantitative estimate of drug-likeness (QED) is 0.367. The Morgan fingerprint density at radius 3 is 1.58 bits per heavy atom. The molecule has 0 aromatic heterocycles. The number of methoxy groups -OCH3 is 6. The van der Waals surface area contributed by atoms with E-state index in [-0.39, 0.29) is 16.4 Å². The molecule has 3 aromatic carbocycles. The second-order valence-corrected chi connectivity index (χ2v) is 9.03. The van der Waals surface area contributed by atoms with E-state index < -0.39 is 10.0 Å². The molecule has 0 spiro atoms. The molecule has 0 bridgehead atoms. The number of hydrogen-bond acceptors (Lipinski definition) is 8. The summed E-state index contributed by atoms with van der Waals surface area (Å²) < 4.78 is 61.2. The van der Waals surface area contributed by atoms with Crippen LogP contribution >= 0.6 is 0 Å². The molecule has 0 saturated heterocycles. The summed E-state index contributed by atoms with van der Waals surface area (Å²) in [6.07, 6.45) is 3.60. The SMILES string of the molecule is COc1cc(/C=C\c2ccccc2NS(=O)(=O)c2cc(OC)c(OC)c(OC)c2)cc(OC)c1OC. The third-order valence-corrected chi connectivity index (χ3v) is 6.64. The van der Waals surface area contributed by atoms with Crippen LogP contribution in [0.1, 0.15) is 11.1 Å². The highest BCUT2D eigenvalue weighted by Crippen LogP contribution is 2.40. The fraction of sp³-hybridized carbons (Fsp3) is 0.231. The van der Waals surface area contributed by atoms with Gasteiger partial charge < -0.3 is 28.4 Å². The van der Waals surface area contributed by atoms with Crippen molar-refractivity contribution in [2.75, 3.05) is 47.4 Å². The first-order valence-corrected chi connectivity index (χ1v) is 12.2. The van der Waals surface area contributed by atoms with Gasteiger partial charge >= 0.3 is 0 Å². The van der Waals surface area contributed by atoms with Gasteiger partial charge in [-0.25, -0.2) is 8.42 Å². The lowest BCUT2D eigenvalue weighted by atomic mass is 10.1. The zero-order valence-electron chi connectivity index (χ0n) is 20.9. The lowest BCUT2D eigenvalue weighted by Crippen LogP contribution is -2.14. The van der Waals surface area contributed by atoms with Gasteiger partial charge in [0.15, 0.2) is 23.0 Å². The summed E-state index contributed by atoms with van der Waals surface area (Å²) in [6, 6.07) is 13.3. The van der Waals surface area contributed by atoms with Crippen molar-refractivity contribution in [2.45, 2.75) is 4.90 Å². The normalized spacial score (nSPS) is 11.2. The topological polar surface area (TPSA) is 102 Å². The van der Waals surface area contributed by atoms with Crippen molar-refractivity contribution in [1.82, 2.24) is 0 Å². The molecule has 0 atom stereocenters. The van der Waals surface area contributed by atoms with E-state index in [1.165, 1.54) is 54.8 Å². The van der Waals surface area contributed by atoms with Crippen molar-refractivity contribution < 1.29 is 36.8 Å². The Bertz CT molecular complexity index is 1300. The minimum atomic E-state index is -4.00. The summed E-state index contributed by atoms with van der Waals surface area (Å²) in [4.78, 5) is -0.0413. The third-order valence-electron chi connectivity index (χ3n) is 5.30. The lowest BCUT2D eigenvalue weighted by molar-refractivity contribution is 0.323. The van der Waals surface area contributed by atoms with Crippen LogP contribution < -0.4 is 33.1 Å². The number of anilines is 1. The summed E-state index contributed by atoms with van der Waals surface area (Å²) in [5, 5.41) is 0. The third kappa shape index (κ3) is 5.60. The smallest absolute Gasteiger partial charge is 0.262 e. The van der Waals surface area contributed by atoms with E-state index in [2.05, 4.69) is 4.72 Å². The van der Waals surface area contributed by atoms with Crippen molar-refractivity contribution >= 4 is 27.9 Å². The largest absolute Gasteiger partial charge is 0.493 e. The first-order chi connectivity index (χ1) is 17.3. The molecule has 3 rings (SSSR count). The minimum absolute atomic E-state index is 0.0413. The molecule has 0 unspecified atom stereocenters. The summed E-state index contributed by atoms with van der Waals surface area (Å²) >= 11 is 0. The number of ether oxygens (including phenoxy) is 6. The van der Waals surface area contributed by atoms with Crippen LogP contribution in [-0.2, 0) is 10.0 Å². The van der Waals surface area contributed by atoms with Gasteiger partial charge in [-0.15, -0.1) is 0 Å². The van der Waals surface area contributed by atoms with Crippen LogP contribution in [0, 0.1) is 0 Å². The molecule has 0 saturated carbocycles. The van der Waals surface area contributed by atoms with Gasteiger partial charge in [-0.1, -0.05) is 30.4 Å². The van der Waals surface area contributed by atoms with E-state index in [9.17, 15) is 8.42 Å². The molecule has 10 heteroatoms. The summed E-state index contributed by atoms with van der Waals surface area (Å²) in [5.74, 6) is 2.25. The summed E-state index contributed by atoms with van der Waals surface area (Å²) in [6.45, 7) is 0. The molecule has 0 amide bonds. The molecule has 9 nitrogen and oxygen atoms in total. The van der Waals surface area contributed by atoms with Crippen LogP contribution in [0.15, 0.2) is 53.4 Å². The predicted molar refractivity (Wildman–Crippen MR) is 138 cm³/mol. The highest BCUT2D eigenvalue weighted by atomic mass is 32.2. The fourth-order valence-corrected chi connectivity index (χ4v) is 4.65. The zero-order valence-corrected chi connectivity index (χ0v) is 21.8. The molecule has 0 aliphatic carbocycles. The highest BCUT2D eigenvalue weighted by molar-refractivity contribution is 7.92. The van der Waals surface area contributed by atoms with E-state index in [4.69, 9.17) is 28.4 Å². The highest BCUT2D eigenvalue weighted by Gasteiger charge is 2.22. The molecule has 0 fully saturated rings. The van der Waals surface area contributed by atoms with Crippen molar-refractivity contribution in [3.63, 3.8) is 0 Å². The first kappa shape index (κ1) is 26.6. The van der Waals surface area contributed by atoms with Crippen LogP contribution in [0.3, 0.4) is 0 Å². The minimum Gasteiger partial charge on any atom is -0.493 e. The van der Waals surface area contributed by atoms with E-state index in [1.807, 2.05) is 12.1 Å². The molecule has 0 aliphatic heterocycles. The number of hydrogen-bond donors (Lipinski definition) is 1. The molecule has 0 heterocycles. The van der Waals surface area contributed by atoms with Crippen LogP contribution in [0.4, 0.5) is 5.69 Å². The van der Waals surface area contributed by atoms with Gasteiger partial charge in [0.25, 0.3) is 10.0 Å². The van der Waals surface area contributed by atoms with Crippen LogP contribution in [0.2, 0.25) is 0 Å². The Labute approximate surface area is 211 Å². The molecule has 0 aliphatic rings. The number of benzene rings is 3. The molecule has 3 aromatic rings. The van der Waals surface area contributed by atoms with Gasteiger partial charge in [0.2, 0.25) is 11.5 Å². The van der Waals surface area contributed by atoms with Crippen LogP contribution in [-0.4, -0.2) is 51.1 Å². The Hall–Kier alpha value is -4.05. The Kier molecular flexibility index (Phi) is 8.55. The number of nitrogens with one attached hydrogen (secondary N) is 1. The Balaban J connectivity index is 1.98. The number of sulfonamides is 1. The van der Waals surface area contributed by atoms with Gasteiger partial charge in [0.1, 0.15) is 0 Å². The maximum absolute atomic E-state index is 13.3. The second-order valence-electron chi connectivity index (χ2n) is 7.35. The van der Waals surface area contributed by atoms with Crippen molar-refractivity contribution in [2.24, 2.45) is 0 Å². The lowest BCUT2D eigenvalue weighted by Gasteiger charge is -2.16. The number of rotatable bonds is 11. The van der Waals surface area contributed by atoms with Crippen LogP contribution in [0.5, 0.6) is 34.5 Å². The van der Waals surface area contributed by atoms with Crippen LogP contribution in [0.25, 0.3) is 12.2 Å². The molecule has 0 radical (unpaired) electrons. The Morgan fingerprint density at radius 1 is 0.639 bits per heavy atom. The monoisotopic (exact) mass is 515 g/mol. The molecule has 1 N–H and O–H groups in total. The summed E-state index contributed by atoms with van der Waals surface area (Å²) in [5.41, 5.74) is 1.80. The van der Waals surface area contributed by atoms with Crippen molar-refractivity contribution in [3.8, 4) is 34.5 Å². The van der Waals surface area contributed by atoms with Crippen molar-refractivity contribution in [3.05, 3.63) is 59.7 Å². The predicted octanol–water partition coefficient (Wildman–Crippen LogP) is 4.71. The fourth-order valence-electron chi connectivity index (χ4n) is 3.53. The van der Waals surface area contributed by atoms with E-state index in [0.717, 1.165) is 5.56 Å². The molecule has 192 valence electrons. The Morgan fingerprint density at radius 2 is 1.11 bits per heavy atom.